The first-order valence-electron chi connectivity index (χ1n) is 7.04. The number of likely N-dealkylation sites (N-methyl/N-ethyl adjacent to an activating group) is 2. The van der Waals surface area contributed by atoms with Crippen molar-refractivity contribution >= 4 is 12.1 Å². The van der Waals surface area contributed by atoms with Gasteiger partial charge in [0.1, 0.15) is 0 Å². The van der Waals surface area contributed by atoms with Crippen LogP contribution in [0.2, 0.25) is 0 Å². The smallest absolute Gasteiger partial charge is 0.239 e. The molecule has 2 aliphatic rings. The molecular formula is C14H25N3O. The van der Waals surface area contributed by atoms with Gasteiger partial charge in [0.25, 0.3) is 0 Å². The van der Waals surface area contributed by atoms with Gasteiger partial charge in [-0.2, -0.15) is 0 Å². The van der Waals surface area contributed by atoms with Gasteiger partial charge in [-0.05, 0) is 26.3 Å². The first-order chi connectivity index (χ1) is 8.65. The molecule has 1 amide bonds. The molecule has 0 aromatic rings. The van der Waals surface area contributed by atoms with E-state index in [9.17, 15) is 4.79 Å². The largest absolute Gasteiger partial charge is 0.341 e. The zero-order valence-corrected chi connectivity index (χ0v) is 11.8. The van der Waals surface area contributed by atoms with Crippen LogP contribution in [0.1, 0.15) is 32.1 Å². The molecule has 0 spiro atoms. The van der Waals surface area contributed by atoms with Gasteiger partial charge in [-0.25, -0.2) is 0 Å². The summed E-state index contributed by atoms with van der Waals surface area (Å²) in [5, 5.41) is 0. The van der Waals surface area contributed by atoms with Crippen molar-refractivity contribution in [1.82, 2.24) is 9.80 Å². The maximum Gasteiger partial charge on any atom is 0.239 e. The van der Waals surface area contributed by atoms with Crippen molar-refractivity contribution in [2.45, 2.75) is 44.2 Å². The fourth-order valence-corrected chi connectivity index (χ4v) is 3.21. The molecular weight excluding hydrogens is 226 g/mol. The van der Waals surface area contributed by atoms with Crippen LogP contribution in [0, 0.1) is 5.92 Å². The molecule has 1 saturated heterocycles. The quantitative estimate of drug-likeness (QED) is 0.711. The summed E-state index contributed by atoms with van der Waals surface area (Å²) in [7, 11) is 5.83. The third-order valence-electron chi connectivity index (χ3n) is 4.54. The summed E-state index contributed by atoms with van der Waals surface area (Å²) in [4.78, 5) is 20.7. The number of aliphatic imine (C=N–C) groups is 1. The molecule has 0 bridgehead atoms. The van der Waals surface area contributed by atoms with Crippen molar-refractivity contribution in [1.29, 1.82) is 0 Å². The molecule has 4 heteroatoms. The van der Waals surface area contributed by atoms with E-state index in [0.29, 0.717) is 17.9 Å². The van der Waals surface area contributed by atoms with Crippen molar-refractivity contribution in [2.75, 3.05) is 27.7 Å². The zero-order chi connectivity index (χ0) is 13.1. The van der Waals surface area contributed by atoms with Crippen LogP contribution < -0.4 is 0 Å². The molecule has 1 unspecified atom stereocenters. The maximum atomic E-state index is 12.4. The van der Waals surface area contributed by atoms with Crippen LogP contribution in [0.3, 0.4) is 0 Å². The molecule has 1 aliphatic carbocycles. The van der Waals surface area contributed by atoms with E-state index in [4.69, 9.17) is 0 Å². The summed E-state index contributed by atoms with van der Waals surface area (Å²) in [6.07, 6.45) is 7.84. The van der Waals surface area contributed by atoms with Crippen LogP contribution in [-0.2, 0) is 4.79 Å². The Labute approximate surface area is 110 Å². The first-order valence-corrected chi connectivity index (χ1v) is 7.04. The van der Waals surface area contributed by atoms with E-state index in [0.717, 1.165) is 19.4 Å². The highest BCUT2D eigenvalue weighted by Gasteiger charge is 2.37. The van der Waals surface area contributed by atoms with Gasteiger partial charge in [-0.15, -0.1) is 0 Å². The number of nitrogens with zero attached hydrogens (tertiary/aromatic N) is 3. The SMILES string of the molecule is C/N=C/C1CCCC[C@@H]1N(C)C(=O)[C@@H]1CCN1C. The summed E-state index contributed by atoms with van der Waals surface area (Å²) in [5.41, 5.74) is 0. The fourth-order valence-electron chi connectivity index (χ4n) is 3.21. The second-order valence-electron chi connectivity index (χ2n) is 5.66. The van der Waals surface area contributed by atoms with Gasteiger partial charge in [-0.3, -0.25) is 9.69 Å². The Morgan fingerprint density at radius 2 is 2.06 bits per heavy atom. The number of rotatable bonds is 3. The van der Waals surface area contributed by atoms with E-state index in [1.165, 1.54) is 19.3 Å². The Bertz CT molecular complexity index is 329. The Morgan fingerprint density at radius 1 is 1.33 bits per heavy atom. The molecule has 102 valence electrons. The number of carbonyl (C=O) groups is 1. The number of hydrogen-bond acceptors (Lipinski definition) is 3. The van der Waals surface area contributed by atoms with E-state index >= 15 is 0 Å². The maximum absolute atomic E-state index is 12.4. The van der Waals surface area contributed by atoms with Crippen molar-refractivity contribution < 1.29 is 4.79 Å². The van der Waals surface area contributed by atoms with Crippen molar-refractivity contribution in [2.24, 2.45) is 10.9 Å². The van der Waals surface area contributed by atoms with Gasteiger partial charge in [0.05, 0.1) is 6.04 Å². The second kappa shape index (κ2) is 5.83. The Kier molecular flexibility index (Phi) is 4.38. The molecule has 0 radical (unpaired) electrons. The van der Waals surface area contributed by atoms with Crippen LogP contribution in [0.4, 0.5) is 0 Å². The molecule has 4 nitrogen and oxygen atoms in total. The van der Waals surface area contributed by atoms with Gasteiger partial charge in [-0.1, -0.05) is 12.8 Å². The molecule has 2 rings (SSSR count). The van der Waals surface area contributed by atoms with E-state index in [1.54, 1.807) is 0 Å². The lowest BCUT2D eigenvalue weighted by atomic mass is 9.84. The summed E-state index contributed by atoms with van der Waals surface area (Å²) >= 11 is 0. The third kappa shape index (κ3) is 2.58. The van der Waals surface area contributed by atoms with Gasteiger partial charge < -0.3 is 9.89 Å². The highest BCUT2D eigenvalue weighted by Crippen LogP contribution is 2.28. The predicted octanol–water partition coefficient (Wildman–Crippen LogP) is 1.41. The zero-order valence-electron chi connectivity index (χ0n) is 11.8. The van der Waals surface area contributed by atoms with Crippen molar-refractivity contribution in [3.8, 4) is 0 Å². The lowest BCUT2D eigenvalue weighted by Crippen LogP contribution is -2.57. The molecule has 0 aromatic carbocycles. The van der Waals surface area contributed by atoms with E-state index in [-0.39, 0.29) is 6.04 Å². The van der Waals surface area contributed by atoms with E-state index in [2.05, 4.69) is 9.89 Å². The van der Waals surface area contributed by atoms with Crippen LogP contribution in [0.5, 0.6) is 0 Å². The normalized spacial score (nSPS) is 33.4. The van der Waals surface area contributed by atoms with Gasteiger partial charge in [0.15, 0.2) is 0 Å². The summed E-state index contributed by atoms with van der Waals surface area (Å²) in [6.45, 7) is 1.05. The predicted molar refractivity (Wildman–Crippen MR) is 74.0 cm³/mol. The average Bonchev–Trinajstić information content (AvgIpc) is 2.37. The molecule has 3 atom stereocenters. The van der Waals surface area contributed by atoms with Crippen LogP contribution in [-0.4, -0.2) is 61.7 Å². The molecule has 2 fully saturated rings. The topological polar surface area (TPSA) is 35.9 Å². The van der Waals surface area contributed by atoms with Crippen LogP contribution in [0.15, 0.2) is 4.99 Å². The summed E-state index contributed by atoms with van der Waals surface area (Å²) < 4.78 is 0. The Morgan fingerprint density at radius 3 is 2.61 bits per heavy atom. The Hall–Kier alpha value is -0.900. The lowest BCUT2D eigenvalue weighted by molar-refractivity contribution is -0.142. The van der Waals surface area contributed by atoms with E-state index in [1.807, 2.05) is 32.3 Å². The average molecular weight is 251 g/mol. The molecule has 18 heavy (non-hydrogen) atoms. The third-order valence-corrected chi connectivity index (χ3v) is 4.54. The Balaban J connectivity index is 2.01. The molecule has 1 heterocycles. The summed E-state index contributed by atoms with van der Waals surface area (Å²) in [6, 6.07) is 0.472. The van der Waals surface area contributed by atoms with Gasteiger partial charge in [0, 0.05) is 38.8 Å². The van der Waals surface area contributed by atoms with E-state index < -0.39 is 0 Å². The standard InChI is InChI=1S/C14H25N3O/c1-15-10-11-6-4-5-7-12(11)17(3)14(18)13-8-9-16(13)2/h10-13H,4-9H2,1-3H3/b15-10+/t11?,12-,13-/m0/s1. The number of likely N-dealkylation sites (tertiary alicyclic amines) is 1. The van der Waals surface area contributed by atoms with Crippen molar-refractivity contribution in [3.63, 3.8) is 0 Å². The van der Waals surface area contributed by atoms with Crippen LogP contribution in [0.25, 0.3) is 0 Å². The lowest BCUT2D eigenvalue weighted by Gasteiger charge is -2.43. The highest BCUT2D eigenvalue weighted by molar-refractivity contribution is 5.83. The summed E-state index contributed by atoms with van der Waals surface area (Å²) in [5.74, 6) is 0.744. The highest BCUT2D eigenvalue weighted by atomic mass is 16.2. The van der Waals surface area contributed by atoms with Crippen LogP contribution >= 0.6 is 0 Å². The number of amides is 1. The minimum Gasteiger partial charge on any atom is -0.341 e. The van der Waals surface area contributed by atoms with Crippen molar-refractivity contribution in [3.05, 3.63) is 0 Å². The first kappa shape index (κ1) is 13.5. The molecule has 1 saturated carbocycles. The number of hydrogen-bond donors (Lipinski definition) is 0. The molecule has 0 aromatic heterocycles. The fraction of sp³-hybridized carbons (Fsp3) is 0.857. The van der Waals surface area contributed by atoms with Gasteiger partial charge in [0.2, 0.25) is 5.91 Å². The number of carbonyl (C=O) groups excluding carboxylic acids is 1. The molecule has 1 aliphatic heterocycles. The van der Waals surface area contributed by atoms with Gasteiger partial charge >= 0.3 is 0 Å². The molecule has 0 N–H and O–H groups in total. The monoisotopic (exact) mass is 251 g/mol. The minimum absolute atomic E-state index is 0.121. The second-order valence-corrected chi connectivity index (χ2v) is 5.66. The minimum atomic E-state index is 0.121.